The number of nitrogens with zero attached hydrogens (tertiary/aromatic N) is 1. The van der Waals surface area contributed by atoms with E-state index in [1.54, 1.807) is 0 Å². The van der Waals surface area contributed by atoms with Gasteiger partial charge in [-0.15, -0.1) is 0 Å². The summed E-state index contributed by atoms with van der Waals surface area (Å²) in [5.74, 6) is 0. The van der Waals surface area contributed by atoms with Gasteiger partial charge in [-0.05, 0) is 12.0 Å². The van der Waals surface area contributed by atoms with Gasteiger partial charge in [0.2, 0.25) is 0 Å². The first-order valence-electron chi connectivity index (χ1n) is 3.25. The number of halogens is 2. The smallest absolute Gasteiger partial charge is 0.152 e. The number of pyridine rings is 1. The second-order valence-electron chi connectivity index (χ2n) is 2.14. The quantitative estimate of drug-likeness (QED) is 0.692. The Balaban J connectivity index is 3.29. The second kappa shape index (κ2) is 3.28. The third-order valence-corrected chi connectivity index (χ3v) is 2.11. The fourth-order valence-electron chi connectivity index (χ4n) is 0.873. The molecule has 0 saturated carbocycles. The van der Waals surface area contributed by atoms with Gasteiger partial charge in [0.25, 0.3) is 0 Å². The average Bonchev–Trinajstić information content (AvgIpc) is 1.99. The number of hydrogen-bond acceptors (Lipinski definition) is 2. The van der Waals surface area contributed by atoms with Gasteiger partial charge in [0.15, 0.2) is 5.15 Å². The van der Waals surface area contributed by atoms with E-state index in [0.29, 0.717) is 15.9 Å². The molecule has 0 fully saturated rings. The first-order chi connectivity index (χ1) is 5.16. The van der Waals surface area contributed by atoms with E-state index in [9.17, 15) is 0 Å². The van der Waals surface area contributed by atoms with E-state index in [1.807, 2.05) is 6.92 Å². The van der Waals surface area contributed by atoms with E-state index >= 15 is 0 Å². The predicted molar refractivity (Wildman–Crippen MR) is 48.0 cm³/mol. The van der Waals surface area contributed by atoms with E-state index < -0.39 is 0 Å². The van der Waals surface area contributed by atoms with E-state index in [-0.39, 0.29) is 0 Å². The van der Waals surface area contributed by atoms with E-state index in [2.05, 4.69) is 4.98 Å². The maximum atomic E-state index is 5.80. The summed E-state index contributed by atoms with van der Waals surface area (Å²) < 4.78 is 0. The van der Waals surface area contributed by atoms with Crippen molar-refractivity contribution in [3.05, 3.63) is 21.9 Å². The summed E-state index contributed by atoms with van der Waals surface area (Å²) in [6.07, 6.45) is 2.28. The van der Waals surface area contributed by atoms with Crippen molar-refractivity contribution < 1.29 is 0 Å². The highest BCUT2D eigenvalue weighted by Gasteiger charge is 2.06. The Morgan fingerprint density at radius 2 is 2.18 bits per heavy atom. The minimum atomic E-state index is 0.325. The van der Waals surface area contributed by atoms with Crippen LogP contribution in [0.2, 0.25) is 10.2 Å². The molecule has 0 aliphatic carbocycles. The summed E-state index contributed by atoms with van der Waals surface area (Å²) in [6.45, 7) is 1.97. The van der Waals surface area contributed by atoms with E-state index in [1.165, 1.54) is 6.20 Å². The zero-order chi connectivity index (χ0) is 8.43. The van der Waals surface area contributed by atoms with E-state index in [4.69, 9.17) is 28.9 Å². The van der Waals surface area contributed by atoms with Crippen LogP contribution < -0.4 is 5.73 Å². The number of aromatic nitrogens is 1. The number of rotatable bonds is 1. The number of anilines is 1. The largest absolute Gasteiger partial charge is 0.396 e. The Morgan fingerprint density at radius 1 is 1.55 bits per heavy atom. The van der Waals surface area contributed by atoms with Crippen LogP contribution in [-0.2, 0) is 6.42 Å². The molecule has 0 atom stereocenters. The molecule has 2 N–H and O–H groups in total. The van der Waals surface area contributed by atoms with Gasteiger partial charge in [0.05, 0.1) is 10.7 Å². The van der Waals surface area contributed by atoms with Crippen molar-refractivity contribution in [1.82, 2.24) is 4.98 Å². The minimum absolute atomic E-state index is 0.325. The predicted octanol–water partition coefficient (Wildman–Crippen LogP) is 2.53. The van der Waals surface area contributed by atoms with Crippen molar-refractivity contribution in [2.75, 3.05) is 5.73 Å². The molecule has 1 aromatic rings. The Kier molecular flexibility index (Phi) is 2.58. The standard InChI is InChI=1S/C7H8Cl2N2/c1-2-4-5(8)3-11-7(9)6(4)10/h3H,2,10H2,1H3. The molecule has 0 aromatic carbocycles. The Bertz CT molecular complexity index is 273. The third-order valence-electron chi connectivity index (χ3n) is 1.48. The normalized spacial score (nSPS) is 10.1. The van der Waals surface area contributed by atoms with Gasteiger partial charge in [-0.2, -0.15) is 0 Å². The monoisotopic (exact) mass is 190 g/mol. The molecular weight excluding hydrogens is 183 g/mol. The number of nitrogens with two attached hydrogens (primary N) is 1. The average molecular weight is 191 g/mol. The summed E-state index contributed by atoms with van der Waals surface area (Å²) >= 11 is 11.5. The minimum Gasteiger partial charge on any atom is -0.396 e. The van der Waals surface area contributed by atoms with Crippen molar-refractivity contribution in [2.24, 2.45) is 0 Å². The lowest BCUT2D eigenvalue weighted by Gasteiger charge is -2.05. The zero-order valence-electron chi connectivity index (χ0n) is 6.06. The Morgan fingerprint density at radius 3 is 2.64 bits per heavy atom. The summed E-state index contributed by atoms with van der Waals surface area (Å²) in [4.78, 5) is 3.80. The molecule has 0 unspecified atom stereocenters. The fraction of sp³-hybridized carbons (Fsp3) is 0.286. The zero-order valence-corrected chi connectivity index (χ0v) is 7.58. The van der Waals surface area contributed by atoms with Crippen LogP contribution in [0, 0.1) is 0 Å². The van der Waals surface area contributed by atoms with Crippen molar-refractivity contribution in [1.29, 1.82) is 0 Å². The molecule has 0 aliphatic heterocycles. The SMILES string of the molecule is CCc1c(Cl)cnc(Cl)c1N. The second-order valence-corrected chi connectivity index (χ2v) is 2.91. The first-order valence-corrected chi connectivity index (χ1v) is 4.00. The highest BCUT2D eigenvalue weighted by Crippen LogP contribution is 2.26. The summed E-state index contributed by atoms with van der Waals surface area (Å²) in [6, 6.07) is 0. The maximum absolute atomic E-state index is 5.80. The van der Waals surface area contributed by atoms with Gasteiger partial charge >= 0.3 is 0 Å². The molecule has 1 rings (SSSR count). The molecule has 0 saturated heterocycles. The molecule has 0 amide bonds. The van der Waals surface area contributed by atoms with Crippen LogP contribution in [0.25, 0.3) is 0 Å². The summed E-state index contributed by atoms with van der Waals surface area (Å²) in [7, 11) is 0. The van der Waals surface area contributed by atoms with Crippen LogP contribution in [0.4, 0.5) is 5.69 Å². The highest BCUT2D eigenvalue weighted by molar-refractivity contribution is 6.34. The Labute approximate surface area is 75.3 Å². The van der Waals surface area contributed by atoms with Crippen molar-refractivity contribution in [3.8, 4) is 0 Å². The molecule has 0 spiro atoms. The number of hydrogen-bond donors (Lipinski definition) is 1. The van der Waals surface area contributed by atoms with Gasteiger partial charge in [0, 0.05) is 6.20 Å². The molecule has 4 heteroatoms. The molecule has 11 heavy (non-hydrogen) atoms. The van der Waals surface area contributed by atoms with Crippen LogP contribution in [0.15, 0.2) is 6.20 Å². The lowest BCUT2D eigenvalue weighted by atomic mass is 10.2. The van der Waals surface area contributed by atoms with Crippen LogP contribution in [0.5, 0.6) is 0 Å². The lowest BCUT2D eigenvalue weighted by molar-refractivity contribution is 1.12. The summed E-state index contributed by atoms with van der Waals surface area (Å²) in [5, 5.41) is 0.903. The van der Waals surface area contributed by atoms with Crippen LogP contribution in [-0.4, -0.2) is 4.98 Å². The lowest BCUT2D eigenvalue weighted by Crippen LogP contribution is -1.96. The fourth-order valence-corrected chi connectivity index (χ4v) is 1.32. The van der Waals surface area contributed by atoms with Crippen molar-refractivity contribution in [2.45, 2.75) is 13.3 Å². The van der Waals surface area contributed by atoms with Gasteiger partial charge in [0.1, 0.15) is 0 Å². The van der Waals surface area contributed by atoms with Crippen LogP contribution in [0.3, 0.4) is 0 Å². The molecular formula is C7H8Cl2N2. The van der Waals surface area contributed by atoms with Gasteiger partial charge in [-0.1, -0.05) is 30.1 Å². The third kappa shape index (κ3) is 1.57. The van der Waals surface area contributed by atoms with Gasteiger partial charge in [-0.3, -0.25) is 0 Å². The molecule has 0 aliphatic rings. The van der Waals surface area contributed by atoms with Crippen LogP contribution >= 0.6 is 23.2 Å². The molecule has 0 bridgehead atoms. The van der Waals surface area contributed by atoms with Crippen molar-refractivity contribution in [3.63, 3.8) is 0 Å². The summed E-state index contributed by atoms with van der Waals surface area (Å²) in [5.41, 5.74) is 6.97. The highest BCUT2D eigenvalue weighted by atomic mass is 35.5. The topological polar surface area (TPSA) is 38.9 Å². The molecule has 2 nitrogen and oxygen atoms in total. The van der Waals surface area contributed by atoms with Crippen LogP contribution in [0.1, 0.15) is 12.5 Å². The molecule has 1 heterocycles. The van der Waals surface area contributed by atoms with Gasteiger partial charge in [-0.25, -0.2) is 4.98 Å². The molecule has 0 radical (unpaired) electrons. The first kappa shape index (κ1) is 8.62. The van der Waals surface area contributed by atoms with Gasteiger partial charge < -0.3 is 5.73 Å². The van der Waals surface area contributed by atoms with E-state index in [0.717, 1.165) is 12.0 Å². The molecule has 1 aromatic heterocycles. The Hall–Kier alpha value is -0.470. The molecule has 60 valence electrons. The number of nitrogen functional groups attached to an aromatic ring is 1. The van der Waals surface area contributed by atoms with Crippen molar-refractivity contribution >= 4 is 28.9 Å². The maximum Gasteiger partial charge on any atom is 0.152 e.